The molecule has 0 aliphatic heterocycles. The molecule has 3 saturated carbocycles. The minimum absolute atomic E-state index is 0.0285. The molecule has 2 aromatic rings. The summed E-state index contributed by atoms with van der Waals surface area (Å²) < 4.78 is 14.6. The first-order valence-electron chi connectivity index (χ1n) is 16.4. The molecule has 2 aromatic carbocycles. The molecular weight excluding hydrogens is 1080 g/mol. The average Bonchev–Trinajstić information content (AvgIpc) is 3.30. The number of benzene rings is 2. The predicted octanol–water partition coefficient (Wildman–Crippen LogP) is 6.82. The van der Waals surface area contributed by atoms with Crippen molar-refractivity contribution in [1.29, 1.82) is 0 Å². The van der Waals surface area contributed by atoms with E-state index in [1.165, 1.54) is 0 Å². The van der Waals surface area contributed by atoms with Crippen molar-refractivity contribution in [1.82, 2.24) is 0 Å². The lowest BCUT2D eigenvalue weighted by Gasteiger charge is -2.60. The van der Waals surface area contributed by atoms with Gasteiger partial charge in [-0.05, 0) is 194 Å². The first kappa shape index (κ1) is 38.1. The van der Waals surface area contributed by atoms with Crippen molar-refractivity contribution in [3.05, 3.63) is 55.8 Å². The molecule has 264 valence electrons. The monoisotopic (exact) mass is 1120 g/mol. The molecule has 0 unspecified atom stereocenters. The van der Waals surface area contributed by atoms with Crippen LogP contribution in [0.1, 0.15) is 64.4 Å². The summed E-state index contributed by atoms with van der Waals surface area (Å²) in [4.78, 5) is 38.9. The molecule has 8 atom stereocenters. The number of carbonyl (C=O) groups excluding carboxylic acids is 3. The Morgan fingerprint density at radius 2 is 1.65 bits per heavy atom. The number of phenols is 1. The number of halogens is 4. The zero-order chi connectivity index (χ0) is 35.6. The van der Waals surface area contributed by atoms with Gasteiger partial charge in [0, 0.05) is 11.8 Å². The van der Waals surface area contributed by atoms with Gasteiger partial charge in [0.25, 0.3) is 0 Å². The van der Waals surface area contributed by atoms with E-state index in [1.807, 2.05) is 19.1 Å². The lowest BCUT2D eigenvalue weighted by Crippen LogP contribution is -2.62. The van der Waals surface area contributed by atoms with Crippen molar-refractivity contribution in [2.24, 2.45) is 34.3 Å². The van der Waals surface area contributed by atoms with E-state index in [0.717, 1.165) is 31.1 Å². The van der Waals surface area contributed by atoms with Crippen LogP contribution in [-0.4, -0.2) is 57.2 Å². The number of fused-ring (bicyclic) bond motifs is 5. The Kier molecular flexibility index (Phi) is 11.1. The minimum atomic E-state index is -1.73. The van der Waals surface area contributed by atoms with Crippen LogP contribution in [0.3, 0.4) is 0 Å². The predicted molar refractivity (Wildman–Crippen MR) is 216 cm³/mol. The van der Waals surface area contributed by atoms with Gasteiger partial charge in [0.15, 0.2) is 18.1 Å². The topological polar surface area (TPSA) is 156 Å². The van der Waals surface area contributed by atoms with Crippen LogP contribution < -0.4 is 10.5 Å². The molecular formula is C36H39I4NO8. The second-order valence-electron chi connectivity index (χ2n) is 14.5. The molecule has 0 amide bonds. The molecule has 4 aliphatic carbocycles. The van der Waals surface area contributed by atoms with Crippen LogP contribution in [-0.2, 0) is 25.5 Å². The van der Waals surface area contributed by atoms with Crippen molar-refractivity contribution < 1.29 is 39.2 Å². The number of rotatable bonds is 8. The number of nitrogens with two attached hydrogens (primary N) is 1. The fraction of sp³-hybridized carbons (Fsp3) is 0.528. The summed E-state index contributed by atoms with van der Waals surface area (Å²) in [5.41, 5.74) is 5.33. The third-order valence-corrected chi connectivity index (χ3v) is 15.1. The largest absolute Gasteiger partial charge is 0.506 e. The molecule has 0 saturated heterocycles. The van der Waals surface area contributed by atoms with Crippen LogP contribution in [0.4, 0.5) is 0 Å². The number of hydrogen-bond donors (Lipinski definition) is 4. The maximum absolute atomic E-state index is 13.7. The third kappa shape index (κ3) is 6.85. The van der Waals surface area contributed by atoms with E-state index in [2.05, 4.69) is 97.3 Å². The maximum Gasteiger partial charge on any atom is 0.323 e. The molecule has 3 fully saturated rings. The van der Waals surface area contributed by atoms with E-state index in [0.29, 0.717) is 37.9 Å². The van der Waals surface area contributed by atoms with Gasteiger partial charge in [0.1, 0.15) is 23.1 Å². The highest BCUT2D eigenvalue weighted by molar-refractivity contribution is 14.1. The lowest BCUT2D eigenvalue weighted by atomic mass is 9.45. The van der Waals surface area contributed by atoms with Gasteiger partial charge in [0.05, 0.1) is 20.4 Å². The summed E-state index contributed by atoms with van der Waals surface area (Å²) in [6, 6.07) is 6.24. The second kappa shape index (κ2) is 14.3. The molecule has 6 rings (SSSR count). The molecule has 0 spiro atoms. The van der Waals surface area contributed by atoms with Crippen LogP contribution in [0, 0.1) is 42.9 Å². The lowest BCUT2D eigenvalue weighted by molar-refractivity contribution is -0.184. The SMILES string of the molecule is C[C@]12CCC(=O)C=C1CC[C@@H]1[C@@H]2[C@@H](O)C[C@@]2(C)[C@H]1CC[C@]2(O)C(=O)COC(=O)[C@@H](N)Cc1cc(I)c(Oc2cc(I)c(O)c(I)c2)c(I)c1. The molecule has 13 heteroatoms. The van der Waals surface area contributed by atoms with E-state index in [1.54, 1.807) is 18.2 Å². The van der Waals surface area contributed by atoms with Crippen LogP contribution in [0.15, 0.2) is 35.9 Å². The van der Waals surface area contributed by atoms with Gasteiger partial charge in [-0.2, -0.15) is 0 Å². The zero-order valence-corrected chi connectivity index (χ0v) is 35.7. The number of ketones is 2. The first-order chi connectivity index (χ1) is 23.0. The molecule has 0 radical (unpaired) electrons. The van der Waals surface area contributed by atoms with E-state index < -0.39 is 41.5 Å². The molecule has 4 aliphatic rings. The summed E-state index contributed by atoms with van der Waals surface area (Å²) in [6.07, 6.45) is 5.20. The number of aromatic hydroxyl groups is 1. The highest BCUT2D eigenvalue weighted by Gasteiger charge is 2.68. The number of Topliss-reactive ketones (excluding diaryl/α,β-unsaturated/α-hetero) is 1. The van der Waals surface area contributed by atoms with Crippen LogP contribution in [0.5, 0.6) is 17.2 Å². The van der Waals surface area contributed by atoms with Crippen molar-refractivity contribution in [3.63, 3.8) is 0 Å². The number of aliphatic hydroxyl groups is 2. The molecule has 0 aromatic heterocycles. The summed E-state index contributed by atoms with van der Waals surface area (Å²) in [6.45, 7) is 3.49. The summed E-state index contributed by atoms with van der Waals surface area (Å²) in [7, 11) is 0. The fourth-order valence-corrected chi connectivity index (χ4v) is 13.2. The number of allylic oxidation sites excluding steroid dienone is 1. The molecule has 0 bridgehead atoms. The van der Waals surface area contributed by atoms with Gasteiger partial charge in [-0.3, -0.25) is 14.4 Å². The summed E-state index contributed by atoms with van der Waals surface area (Å²) in [5, 5.41) is 33.7. The molecule has 5 N–H and O–H groups in total. The second-order valence-corrected chi connectivity index (χ2v) is 19.2. The van der Waals surface area contributed by atoms with Gasteiger partial charge in [0.2, 0.25) is 5.78 Å². The number of ether oxygens (including phenoxy) is 2. The Balaban J connectivity index is 1.09. The first-order valence-corrected chi connectivity index (χ1v) is 20.7. The van der Waals surface area contributed by atoms with Crippen molar-refractivity contribution in [3.8, 4) is 17.2 Å². The number of carbonyl (C=O) groups is 3. The van der Waals surface area contributed by atoms with Crippen LogP contribution >= 0.6 is 90.4 Å². The minimum Gasteiger partial charge on any atom is -0.506 e. The average molecular weight is 1120 g/mol. The highest BCUT2D eigenvalue weighted by Crippen LogP contribution is 2.67. The Morgan fingerprint density at radius 3 is 2.31 bits per heavy atom. The molecule has 49 heavy (non-hydrogen) atoms. The Labute approximate surface area is 340 Å². The Hall–Kier alpha value is -0.610. The van der Waals surface area contributed by atoms with Gasteiger partial charge in [-0.15, -0.1) is 0 Å². The van der Waals surface area contributed by atoms with Gasteiger partial charge >= 0.3 is 5.97 Å². The van der Waals surface area contributed by atoms with E-state index in [-0.39, 0.29) is 54.0 Å². The Bertz CT molecular complexity index is 1700. The van der Waals surface area contributed by atoms with Gasteiger partial charge < -0.3 is 30.5 Å². The smallest absolute Gasteiger partial charge is 0.323 e. The zero-order valence-electron chi connectivity index (χ0n) is 27.1. The van der Waals surface area contributed by atoms with E-state index in [9.17, 15) is 29.7 Å². The third-order valence-electron chi connectivity index (χ3n) is 11.9. The highest BCUT2D eigenvalue weighted by atomic mass is 127. The number of esters is 1. The summed E-state index contributed by atoms with van der Waals surface area (Å²) >= 11 is 8.44. The van der Waals surface area contributed by atoms with Crippen molar-refractivity contribution in [2.45, 2.75) is 83.0 Å². The van der Waals surface area contributed by atoms with E-state index >= 15 is 0 Å². The quantitative estimate of drug-likeness (QED) is 0.165. The van der Waals surface area contributed by atoms with E-state index in [4.69, 9.17) is 15.2 Å². The Morgan fingerprint density at radius 1 is 1.00 bits per heavy atom. The standard InChI is InChI=1S/C36H39I4NO8/c1-34-7-5-19(42)12-18(34)3-4-21-22-6-8-36(47,35(22,2)15-28(43)30(21)34)29(44)16-48-33(46)27(41)11-17-9-25(39)32(26(40)10-17)49-20-13-23(37)31(45)24(38)14-20/h9-10,12-14,21-22,27-28,30,43,45,47H,3-8,11,15-16,41H2,1-2H3/t21-,22-,27-,28-,30+,34-,35-,36-/m0/s1. The van der Waals surface area contributed by atoms with Gasteiger partial charge in [-0.25, -0.2) is 0 Å². The number of hydrogen-bond acceptors (Lipinski definition) is 9. The molecule has 0 heterocycles. The maximum atomic E-state index is 13.7. The van der Waals surface area contributed by atoms with Crippen LogP contribution in [0.25, 0.3) is 0 Å². The summed E-state index contributed by atoms with van der Waals surface area (Å²) in [5.74, 6) is 0.436. The normalized spacial score (nSPS) is 32.8. The van der Waals surface area contributed by atoms with Crippen LogP contribution in [0.2, 0.25) is 0 Å². The number of phenolic OH excluding ortho intramolecular Hbond substituents is 1. The molecule has 9 nitrogen and oxygen atoms in total. The fourth-order valence-electron chi connectivity index (χ4n) is 9.40. The van der Waals surface area contributed by atoms with Crippen molar-refractivity contribution >= 4 is 108 Å². The number of aliphatic hydroxyl groups excluding tert-OH is 1. The van der Waals surface area contributed by atoms with Gasteiger partial charge in [-0.1, -0.05) is 19.4 Å². The van der Waals surface area contributed by atoms with Crippen molar-refractivity contribution in [2.75, 3.05) is 6.61 Å².